The normalized spacial score (nSPS) is 29.5. The number of aromatic hydroxyl groups is 1. The molecular weight excluding hydrogens is 482 g/mol. The van der Waals surface area contributed by atoms with Crippen LogP contribution in [0, 0.1) is 24.2 Å². The quantitative estimate of drug-likeness (QED) is 0.248. The average molecular weight is 515 g/mol. The summed E-state index contributed by atoms with van der Waals surface area (Å²) in [6, 6.07) is 1.90. The molecule has 4 rings (SSSR count). The number of aliphatic hydroxyl groups excluding tert-OH is 3. The summed E-state index contributed by atoms with van der Waals surface area (Å²) in [5.74, 6) is -8.12. The van der Waals surface area contributed by atoms with Gasteiger partial charge in [0.1, 0.15) is 22.8 Å². The third kappa shape index (κ3) is 3.84. The molecule has 11 heteroatoms. The first-order chi connectivity index (χ1) is 17.2. The van der Waals surface area contributed by atoms with E-state index in [9.17, 15) is 39.9 Å². The summed E-state index contributed by atoms with van der Waals surface area (Å²) >= 11 is 0. The number of phenolic OH excluding ortho intramolecular Hbond substituents is 1. The minimum atomic E-state index is -2.93. The molecule has 0 aromatic heterocycles. The van der Waals surface area contributed by atoms with Gasteiger partial charge in [-0.05, 0) is 32.1 Å². The highest BCUT2D eigenvalue weighted by molar-refractivity contribution is 6.24. The van der Waals surface area contributed by atoms with Gasteiger partial charge < -0.3 is 36.6 Å². The summed E-state index contributed by atoms with van der Waals surface area (Å²) in [5, 5.41) is 59.2. The van der Waals surface area contributed by atoms with Crippen molar-refractivity contribution in [3.8, 4) is 5.75 Å². The van der Waals surface area contributed by atoms with Gasteiger partial charge in [0.2, 0.25) is 5.78 Å². The molecule has 1 saturated carbocycles. The Hall–Kier alpha value is -3.25. The number of nitrogens with zero attached hydrogens (tertiary/aromatic N) is 1. The van der Waals surface area contributed by atoms with Gasteiger partial charge >= 0.3 is 0 Å². The number of amides is 1. The fourth-order valence-electron chi connectivity index (χ4n) is 5.69. The van der Waals surface area contributed by atoms with Crippen molar-refractivity contribution in [2.75, 3.05) is 20.6 Å². The first kappa shape index (κ1) is 26.8. The number of aliphatic hydroxyl groups is 4. The van der Waals surface area contributed by atoms with Crippen LogP contribution >= 0.6 is 0 Å². The molecule has 199 valence electrons. The van der Waals surface area contributed by atoms with Crippen molar-refractivity contribution in [1.82, 2.24) is 10.2 Å². The molecule has 0 unspecified atom stereocenters. The van der Waals surface area contributed by atoms with Crippen molar-refractivity contribution in [3.63, 3.8) is 0 Å². The van der Waals surface area contributed by atoms with Crippen LogP contribution in [0.25, 0.3) is 5.76 Å². The summed E-state index contributed by atoms with van der Waals surface area (Å²) < 4.78 is 0. The second-order valence-corrected chi connectivity index (χ2v) is 10.5. The second-order valence-electron chi connectivity index (χ2n) is 10.5. The van der Waals surface area contributed by atoms with Crippen LogP contribution < -0.4 is 11.1 Å². The number of nitrogens with two attached hydrogens (primary N) is 1. The van der Waals surface area contributed by atoms with E-state index in [-0.39, 0.29) is 17.9 Å². The van der Waals surface area contributed by atoms with Crippen molar-refractivity contribution in [2.45, 2.75) is 38.1 Å². The van der Waals surface area contributed by atoms with E-state index in [1.54, 1.807) is 12.1 Å². The van der Waals surface area contributed by atoms with Crippen molar-refractivity contribution in [3.05, 3.63) is 52.1 Å². The van der Waals surface area contributed by atoms with Crippen LogP contribution in [0.15, 0.2) is 29.0 Å². The smallest absolute Gasteiger partial charge is 0.255 e. The molecule has 5 atom stereocenters. The van der Waals surface area contributed by atoms with Gasteiger partial charge in [0, 0.05) is 30.0 Å². The number of primary amides is 1. The SMILES string of the molecule is CC(C)CNCc1ccc2c(c1O)C(O)=C1C(=O)[C@@]3(O)C(O)=C(C(N)=O)C(=O)[C@H](N(C)C)[C@H]3[C@H](O)[C@H]1[CH]2. The summed E-state index contributed by atoms with van der Waals surface area (Å²) in [6.45, 7) is 5.01. The Morgan fingerprint density at radius 1 is 1.19 bits per heavy atom. The number of phenols is 1. The Morgan fingerprint density at radius 3 is 2.41 bits per heavy atom. The van der Waals surface area contributed by atoms with Crippen LogP contribution in [-0.2, 0) is 20.9 Å². The van der Waals surface area contributed by atoms with E-state index in [4.69, 9.17) is 5.73 Å². The van der Waals surface area contributed by atoms with Gasteiger partial charge in [0.15, 0.2) is 11.4 Å². The zero-order valence-electron chi connectivity index (χ0n) is 21.0. The fraction of sp³-hybridized carbons (Fsp3) is 0.462. The lowest BCUT2D eigenvalue weighted by Crippen LogP contribution is -2.70. The minimum absolute atomic E-state index is 0.0627. The van der Waals surface area contributed by atoms with E-state index in [1.807, 2.05) is 13.8 Å². The predicted octanol–water partition coefficient (Wildman–Crippen LogP) is -0.310. The van der Waals surface area contributed by atoms with Crippen molar-refractivity contribution >= 4 is 23.2 Å². The minimum Gasteiger partial charge on any atom is -0.508 e. The number of hydrogen-bond acceptors (Lipinski definition) is 10. The van der Waals surface area contributed by atoms with Crippen molar-refractivity contribution in [2.24, 2.45) is 23.5 Å². The van der Waals surface area contributed by atoms with Crippen molar-refractivity contribution in [1.29, 1.82) is 0 Å². The molecule has 0 spiro atoms. The Morgan fingerprint density at radius 2 is 1.84 bits per heavy atom. The first-order valence-electron chi connectivity index (χ1n) is 12.0. The monoisotopic (exact) mass is 514 g/mol. The predicted molar refractivity (Wildman–Crippen MR) is 132 cm³/mol. The number of nitrogens with one attached hydrogen (secondary N) is 1. The third-order valence-corrected chi connectivity index (χ3v) is 7.41. The van der Waals surface area contributed by atoms with Crippen LogP contribution in [0.1, 0.15) is 30.5 Å². The Balaban J connectivity index is 1.90. The summed E-state index contributed by atoms with van der Waals surface area (Å²) in [7, 11) is 2.91. The molecule has 1 aromatic rings. The Labute approximate surface area is 213 Å². The number of carbonyl (C=O) groups excluding carboxylic acids is 3. The number of Topliss-reactive ketones (excluding diaryl/α,β-unsaturated/α-hetero) is 2. The van der Waals surface area contributed by atoms with E-state index in [2.05, 4.69) is 5.32 Å². The molecule has 3 aliphatic rings. The van der Waals surface area contributed by atoms with Crippen molar-refractivity contribution < 1.29 is 39.9 Å². The largest absolute Gasteiger partial charge is 0.508 e. The lowest BCUT2D eigenvalue weighted by molar-refractivity contribution is -0.167. The van der Waals surface area contributed by atoms with Crippen LogP contribution in [0.5, 0.6) is 5.75 Å². The molecule has 1 aromatic carbocycles. The fourth-order valence-corrected chi connectivity index (χ4v) is 5.69. The highest BCUT2D eigenvalue weighted by Gasteiger charge is 2.67. The number of rotatable bonds is 6. The molecule has 1 fully saturated rings. The van der Waals surface area contributed by atoms with Gasteiger partial charge in [-0.1, -0.05) is 26.0 Å². The van der Waals surface area contributed by atoms with Gasteiger partial charge in [-0.2, -0.15) is 0 Å². The van der Waals surface area contributed by atoms with Gasteiger partial charge in [0.25, 0.3) is 5.91 Å². The highest BCUT2D eigenvalue weighted by Crippen LogP contribution is 2.53. The highest BCUT2D eigenvalue weighted by atomic mass is 16.4. The number of ketones is 2. The van der Waals surface area contributed by atoms with Gasteiger partial charge in [-0.25, -0.2) is 0 Å². The molecule has 8 N–H and O–H groups in total. The second kappa shape index (κ2) is 9.25. The lowest BCUT2D eigenvalue weighted by atomic mass is 9.56. The standard InChI is InChI=1S/C26H32N3O8/c1-10(2)8-28-9-12-6-5-11-7-13-15(21(32)14(11)19(12)30)23(34)26(37)17(20(13)31)18(29(3)4)22(33)16(24(26)35)25(27)36/h5-7,10,13,17-18,20,28,30-32,35,37H,8-9H2,1-4H3,(H2,27,36)/t13-,17-,18+,20+,26+/m0/s1. The summed E-state index contributed by atoms with van der Waals surface area (Å²) in [5.41, 5.74) is 1.70. The maximum atomic E-state index is 13.8. The topological polar surface area (TPSA) is 194 Å². The molecule has 0 bridgehead atoms. The molecule has 1 radical (unpaired) electrons. The lowest BCUT2D eigenvalue weighted by Gasteiger charge is -2.52. The zero-order chi connectivity index (χ0) is 27.6. The van der Waals surface area contributed by atoms with Crippen LogP contribution in [0.4, 0.5) is 0 Å². The Kier molecular flexibility index (Phi) is 6.70. The molecular formula is C26H32N3O8. The molecule has 3 aliphatic carbocycles. The maximum absolute atomic E-state index is 13.8. The molecule has 11 nitrogen and oxygen atoms in total. The summed E-state index contributed by atoms with van der Waals surface area (Å²) in [6.07, 6.45) is -0.172. The van der Waals surface area contributed by atoms with E-state index >= 15 is 0 Å². The average Bonchev–Trinajstić information content (AvgIpc) is 2.80. The number of carbonyl (C=O) groups is 3. The summed E-state index contributed by atoms with van der Waals surface area (Å²) in [4.78, 5) is 40.3. The van der Waals surface area contributed by atoms with Gasteiger partial charge in [-0.15, -0.1) is 0 Å². The van der Waals surface area contributed by atoms with Crippen LogP contribution in [-0.4, -0.2) is 86.3 Å². The molecule has 1 amide bonds. The van der Waals surface area contributed by atoms with Crippen LogP contribution in [0.3, 0.4) is 0 Å². The number of likely N-dealkylation sites (N-methyl/N-ethyl adjacent to an activating group) is 1. The van der Waals surface area contributed by atoms with E-state index in [0.29, 0.717) is 23.6 Å². The first-order valence-corrected chi connectivity index (χ1v) is 12.0. The van der Waals surface area contributed by atoms with E-state index < -0.39 is 69.7 Å². The van der Waals surface area contributed by atoms with Gasteiger partial charge in [-0.3, -0.25) is 19.3 Å². The van der Waals surface area contributed by atoms with E-state index in [1.165, 1.54) is 25.4 Å². The molecule has 0 heterocycles. The molecule has 37 heavy (non-hydrogen) atoms. The number of hydrogen-bond donors (Lipinski definition) is 7. The zero-order valence-corrected chi connectivity index (χ0v) is 21.0. The molecule has 0 aliphatic heterocycles. The van der Waals surface area contributed by atoms with Crippen LogP contribution in [0.2, 0.25) is 0 Å². The molecule has 0 saturated heterocycles. The van der Waals surface area contributed by atoms with Gasteiger partial charge in [0.05, 0.1) is 23.6 Å². The number of fused-ring (bicyclic) bond motifs is 3. The van der Waals surface area contributed by atoms with E-state index in [0.717, 1.165) is 0 Å². The number of benzene rings is 1. The Bertz CT molecular complexity index is 1250. The third-order valence-electron chi connectivity index (χ3n) is 7.41. The maximum Gasteiger partial charge on any atom is 0.255 e.